The van der Waals surface area contributed by atoms with E-state index >= 15 is 0 Å². The van der Waals surface area contributed by atoms with Crippen LogP contribution in [0.5, 0.6) is 0 Å². The van der Waals surface area contributed by atoms with Crippen molar-refractivity contribution in [1.82, 2.24) is 9.97 Å². The van der Waals surface area contributed by atoms with E-state index in [9.17, 15) is 8.78 Å². The molecule has 6 heteroatoms. The van der Waals surface area contributed by atoms with Crippen LogP contribution in [0.1, 0.15) is 0 Å². The predicted octanol–water partition coefficient (Wildman–Crippen LogP) is 3.26. The van der Waals surface area contributed by atoms with Crippen LogP contribution < -0.4 is 5.32 Å². The monoisotopic (exact) mass is 285 g/mol. The van der Waals surface area contributed by atoms with Gasteiger partial charge >= 0.3 is 0 Å². The van der Waals surface area contributed by atoms with Gasteiger partial charge in [0.25, 0.3) is 0 Å². The number of benzene rings is 1. The maximum atomic E-state index is 12.9. The average Bonchev–Trinajstić information content (AvgIpc) is 2.24. The molecule has 0 aliphatic heterocycles. The number of halogens is 3. The molecule has 1 N–H and O–H groups in total. The van der Waals surface area contributed by atoms with E-state index in [1.807, 2.05) is 0 Å². The smallest absolute Gasteiger partial charge is 0.160 e. The first-order chi connectivity index (χ1) is 7.65. The summed E-state index contributed by atoms with van der Waals surface area (Å²) in [5.41, 5.74) is 0.421. The van der Waals surface area contributed by atoms with Gasteiger partial charge in [-0.05, 0) is 28.1 Å². The van der Waals surface area contributed by atoms with Crippen LogP contribution in [0.25, 0.3) is 0 Å². The Morgan fingerprint density at radius 3 is 2.56 bits per heavy atom. The van der Waals surface area contributed by atoms with Crippen molar-refractivity contribution < 1.29 is 8.78 Å². The number of nitrogens with one attached hydrogen (secondary N) is 1. The molecule has 0 fully saturated rings. The maximum absolute atomic E-state index is 12.9. The first kappa shape index (κ1) is 10.9. The van der Waals surface area contributed by atoms with Gasteiger partial charge < -0.3 is 5.32 Å². The standard InChI is InChI=1S/C10H6BrF2N3/c11-9-4-10(15-5-14-9)16-6-1-2-7(12)8(13)3-6/h1-5H,(H,14,15,16). The van der Waals surface area contributed by atoms with Crippen molar-refractivity contribution >= 4 is 27.4 Å². The molecule has 0 amide bonds. The number of anilines is 2. The molecule has 82 valence electrons. The topological polar surface area (TPSA) is 37.8 Å². The highest BCUT2D eigenvalue weighted by molar-refractivity contribution is 9.10. The molecule has 0 spiro atoms. The minimum absolute atomic E-state index is 0.421. The second-order valence-corrected chi connectivity index (χ2v) is 3.79. The highest BCUT2D eigenvalue weighted by atomic mass is 79.9. The van der Waals surface area contributed by atoms with Gasteiger partial charge in [0.1, 0.15) is 16.7 Å². The lowest BCUT2D eigenvalue weighted by molar-refractivity contribution is 0.509. The molecule has 0 unspecified atom stereocenters. The van der Waals surface area contributed by atoms with Gasteiger partial charge in [-0.1, -0.05) is 0 Å². The van der Waals surface area contributed by atoms with E-state index in [1.54, 1.807) is 6.07 Å². The van der Waals surface area contributed by atoms with E-state index < -0.39 is 11.6 Å². The molecule has 0 radical (unpaired) electrons. The van der Waals surface area contributed by atoms with Crippen LogP contribution in [0, 0.1) is 11.6 Å². The summed E-state index contributed by atoms with van der Waals surface area (Å²) in [5.74, 6) is -1.29. The summed E-state index contributed by atoms with van der Waals surface area (Å²) in [6, 6.07) is 5.16. The summed E-state index contributed by atoms with van der Waals surface area (Å²) < 4.78 is 26.2. The molecule has 16 heavy (non-hydrogen) atoms. The molecule has 1 aromatic heterocycles. The number of nitrogens with zero attached hydrogens (tertiary/aromatic N) is 2. The van der Waals surface area contributed by atoms with Crippen molar-refractivity contribution in [2.45, 2.75) is 0 Å². The van der Waals surface area contributed by atoms with Crippen LogP contribution in [0.15, 0.2) is 35.2 Å². The summed E-state index contributed by atoms with van der Waals surface area (Å²) in [7, 11) is 0. The highest BCUT2D eigenvalue weighted by Crippen LogP contribution is 2.18. The first-order valence-corrected chi connectivity index (χ1v) is 5.14. The number of hydrogen-bond acceptors (Lipinski definition) is 3. The van der Waals surface area contributed by atoms with E-state index in [1.165, 1.54) is 12.4 Å². The Bertz CT molecular complexity index is 519. The van der Waals surface area contributed by atoms with Crippen molar-refractivity contribution in [3.05, 3.63) is 46.8 Å². The Hall–Kier alpha value is -1.56. The number of rotatable bonds is 2. The Morgan fingerprint density at radius 1 is 1.06 bits per heavy atom. The van der Waals surface area contributed by atoms with Crippen molar-refractivity contribution in [2.24, 2.45) is 0 Å². The Labute approximate surface area is 98.7 Å². The molecule has 0 aliphatic rings. The quantitative estimate of drug-likeness (QED) is 0.861. The van der Waals surface area contributed by atoms with E-state index in [-0.39, 0.29) is 0 Å². The fourth-order valence-corrected chi connectivity index (χ4v) is 1.43. The fourth-order valence-electron chi connectivity index (χ4n) is 1.12. The van der Waals surface area contributed by atoms with Gasteiger partial charge in [-0.3, -0.25) is 0 Å². The third-order valence-corrected chi connectivity index (χ3v) is 2.26. The van der Waals surface area contributed by atoms with Gasteiger partial charge in [0.05, 0.1) is 0 Å². The van der Waals surface area contributed by atoms with Gasteiger partial charge in [-0.25, -0.2) is 18.7 Å². The van der Waals surface area contributed by atoms with Crippen molar-refractivity contribution in [1.29, 1.82) is 0 Å². The summed E-state index contributed by atoms with van der Waals surface area (Å²) in [5, 5.41) is 2.82. The van der Waals surface area contributed by atoms with Crippen LogP contribution in [-0.2, 0) is 0 Å². The molecule has 0 atom stereocenters. The van der Waals surface area contributed by atoms with Crippen molar-refractivity contribution in [3.63, 3.8) is 0 Å². The Morgan fingerprint density at radius 2 is 1.88 bits per heavy atom. The maximum Gasteiger partial charge on any atom is 0.160 e. The zero-order valence-electron chi connectivity index (χ0n) is 7.92. The fraction of sp³-hybridized carbons (Fsp3) is 0. The normalized spacial score (nSPS) is 10.2. The molecule has 0 aliphatic carbocycles. The number of hydrogen-bond donors (Lipinski definition) is 1. The van der Waals surface area contributed by atoms with Gasteiger partial charge in [-0.2, -0.15) is 0 Å². The SMILES string of the molecule is Fc1ccc(Nc2cc(Br)ncn2)cc1F. The Balaban J connectivity index is 2.24. The average molecular weight is 286 g/mol. The second kappa shape index (κ2) is 4.52. The first-order valence-electron chi connectivity index (χ1n) is 4.35. The van der Waals surface area contributed by atoms with Crippen LogP contribution in [0.2, 0.25) is 0 Å². The van der Waals surface area contributed by atoms with Crippen molar-refractivity contribution in [3.8, 4) is 0 Å². The molecule has 1 heterocycles. The minimum atomic E-state index is -0.905. The lowest BCUT2D eigenvalue weighted by atomic mass is 10.3. The summed E-state index contributed by atoms with van der Waals surface area (Å²) in [4.78, 5) is 7.76. The van der Waals surface area contributed by atoms with Gasteiger partial charge in [-0.15, -0.1) is 0 Å². The highest BCUT2D eigenvalue weighted by Gasteiger charge is 2.03. The van der Waals surface area contributed by atoms with E-state index in [0.29, 0.717) is 16.1 Å². The van der Waals surface area contributed by atoms with Crippen LogP contribution >= 0.6 is 15.9 Å². The largest absolute Gasteiger partial charge is 0.340 e. The van der Waals surface area contributed by atoms with Gasteiger partial charge in [0, 0.05) is 17.8 Å². The molecule has 2 aromatic rings. The Kier molecular flexibility index (Phi) is 3.09. The van der Waals surface area contributed by atoms with E-state index in [4.69, 9.17) is 0 Å². The molecule has 1 aromatic carbocycles. The second-order valence-electron chi connectivity index (χ2n) is 2.98. The molecule has 0 saturated heterocycles. The van der Waals surface area contributed by atoms with Crippen molar-refractivity contribution in [2.75, 3.05) is 5.32 Å². The summed E-state index contributed by atoms with van der Waals surface area (Å²) in [6.45, 7) is 0. The third kappa shape index (κ3) is 2.52. The molecular formula is C10H6BrF2N3. The lowest BCUT2D eigenvalue weighted by Crippen LogP contribution is -1.95. The number of aromatic nitrogens is 2. The molecular weight excluding hydrogens is 280 g/mol. The van der Waals surface area contributed by atoms with E-state index in [0.717, 1.165) is 12.1 Å². The van der Waals surface area contributed by atoms with Gasteiger partial charge in [0.15, 0.2) is 11.6 Å². The van der Waals surface area contributed by atoms with Crippen LogP contribution in [0.3, 0.4) is 0 Å². The third-order valence-electron chi connectivity index (χ3n) is 1.83. The molecule has 0 saturated carbocycles. The summed E-state index contributed by atoms with van der Waals surface area (Å²) in [6.07, 6.45) is 1.35. The van der Waals surface area contributed by atoms with E-state index in [2.05, 4.69) is 31.2 Å². The van der Waals surface area contributed by atoms with Crippen LogP contribution in [0.4, 0.5) is 20.3 Å². The zero-order chi connectivity index (χ0) is 11.5. The zero-order valence-corrected chi connectivity index (χ0v) is 9.50. The van der Waals surface area contributed by atoms with Gasteiger partial charge in [0.2, 0.25) is 0 Å². The van der Waals surface area contributed by atoms with Crippen LogP contribution in [-0.4, -0.2) is 9.97 Å². The molecule has 0 bridgehead atoms. The molecule has 3 nitrogen and oxygen atoms in total. The molecule has 2 rings (SSSR count). The minimum Gasteiger partial charge on any atom is -0.340 e. The predicted molar refractivity (Wildman–Crippen MR) is 59.4 cm³/mol. The lowest BCUT2D eigenvalue weighted by Gasteiger charge is -2.05. The summed E-state index contributed by atoms with van der Waals surface area (Å²) >= 11 is 3.18.